The molecule has 0 spiro atoms. The fourth-order valence-electron chi connectivity index (χ4n) is 9.03. The molecule has 2 nitrogen and oxygen atoms in total. The van der Waals surface area contributed by atoms with Crippen LogP contribution in [0.4, 0.5) is 17.1 Å². The predicted molar refractivity (Wildman–Crippen MR) is 253 cm³/mol. The number of nitrogens with zero attached hydrogens (tertiary/aromatic N) is 1. The Hall–Kier alpha value is -7.94. The van der Waals surface area contributed by atoms with Crippen LogP contribution in [-0.4, -0.2) is 0 Å². The van der Waals surface area contributed by atoms with Crippen molar-refractivity contribution in [2.45, 2.75) is 0 Å². The van der Waals surface area contributed by atoms with Crippen molar-refractivity contribution in [1.29, 1.82) is 0 Å². The van der Waals surface area contributed by atoms with Gasteiger partial charge in [0.05, 0.1) is 17.1 Å². The van der Waals surface area contributed by atoms with Crippen molar-refractivity contribution in [3.05, 3.63) is 237 Å². The first kappa shape index (κ1) is 35.2. The molecule has 60 heavy (non-hydrogen) atoms. The van der Waals surface area contributed by atoms with Gasteiger partial charge in [-0.25, -0.2) is 0 Å². The minimum Gasteiger partial charge on any atom is -0.456 e. The molecule has 282 valence electrons. The third-order valence-electron chi connectivity index (χ3n) is 11.7. The van der Waals surface area contributed by atoms with Crippen LogP contribution in [0.15, 0.2) is 241 Å². The molecule has 0 atom stereocenters. The van der Waals surface area contributed by atoms with E-state index in [-0.39, 0.29) is 0 Å². The smallest absolute Gasteiger partial charge is 0.136 e. The van der Waals surface area contributed by atoms with Crippen molar-refractivity contribution >= 4 is 49.8 Å². The van der Waals surface area contributed by atoms with Gasteiger partial charge in [0.2, 0.25) is 0 Å². The Morgan fingerprint density at radius 2 is 0.750 bits per heavy atom. The molecule has 0 N–H and O–H groups in total. The average molecular weight is 766 g/mol. The number of hydrogen-bond acceptors (Lipinski definition) is 2. The molecule has 2 heteroatoms. The van der Waals surface area contributed by atoms with Crippen LogP contribution in [0.25, 0.3) is 88.3 Å². The summed E-state index contributed by atoms with van der Waals surface area (Å²) in [6, 6.07) is 85.1. The second-order valence-electron chi connectivity index (χ2n) is 15.2. The third kappa shape index (κ3) is 6.06. The van der Waals surface area contributed by atoms with Crippen molar-refractivity contribution in [3.63, 3.8) is 0 Å². The summed E-state index contributed by atoms with van der Waals surface area (Å²) in [5.41, 5.74) is 16.4. The first-order chi connectivity index (χ1) is 29.8. The van der Waals surface area contributed by atoms with E-state index in [2.05, 4.69) is 235 Å². The monoisotopic (exact) mass is 765 g/mol. The molecular weight excluding hydrogens is 727 g/mol. The molecule has 10 aromatic carbocycles. The van der Waals surface area contributed by atoms with Gasteiger partial charge in [0.25, 0.3) is 0 Å². The van der Waals surface area contributed by atoms with Gasteiger partial charge in [0.1, 0.15) is 11.2 Å². The van der Waals surface area contributed by atoms with E-state index in [1.165, 1.54) is 16.5 Å². The van der Waals surface area contributed by atoms with Gasteiger partial charge in [0.15, 0.2) is 0 Å². The Kier molecular flexibility index (Phi) is 8.87. The summed E-state index contributed by atoms with van der Waals surface area (Å²) in [7, 11) is 0. The van der Waals surface area contributed by atoms with Crippen molar-refractivity contribution in [2.24, 2.45) is 0 Å². The van der Waals surface area contributed by atoms with Crippen LogP contribution in [0.1, 0.15) is 0 Å². The van der Waals surface area contributed by atoms with E-state index in [0.29, 0.717) is 0 Å². The van der Waals surface area contributed by atoms with Gasteiger partial charge in [-0.3, -0.25) is 0 Å². The minimum absolute atomic E-state index is 0.864. The summed E-state index contributed by atoms with van der Waals surface area (Å²) < 4.78 is 6.55. The SMILES string of the molecule is c1ccc(-c2ccccc2-c2ccccc2N(c2c(-c3ccccc3)cccc2-c2cccc3oc4ccccc4c23)c2c(-c3ccccc3)ccc3ccccc23)cc1. The van der Waals surface area contributed by atoms with Crippen molar-refractivity contribution in [2.75, 3.05) is 4.90 Å². The Balaban J connectivity index is 1.33. The van der Waals surface area contributed by atoms with Crippen LogP contribution in [0.2, 0.25) is 0 Å². The zero-order valence-corrected chi connectivity index (χ0v) is 32.9. The second-order valence-corrected chi connectivity index (χ2v) is 15.2. The summed E-state index contributed by atoms with van der Waals surface area (Å²) in [4.78, 5) is 2.57. The number of benzene rings is 10. The Bertz CT molecular complexity index is 3310. The van der Waals surface area contributed by atoms with Crippen LogP contribution >= 0.6 is 0 Å². The molecule has 1 heterocycles. The van der Waals surface area contributed by atoms with Gasteiger partial charge in [-0.2, -0.15) is 0 Å². The van der Waals surface area contributed by atoms with Crippen LogP contribution in [0.5, 0.6) is 0 Å². The van der Waals surface area contributed by atoms with E-state index >= 15 is 0 Å². The zero-order valence-electron chi connectivity index (χ0n) is 32.9. The maximum atomic E-state index is 6.55. The predicted octanol–water partition coefficient (Wildman–Crippen LogP) is 16.5. The second kappa shape index (κ2) is 15.1. The molecular formula is C58H39NO. The number of anilines is 3. The molecule has 0 bridgehead atoms. The summed E-state index contributed by atoms with van der Waals surface area (Å²) in [6.07, 6.45) is 0. The first-order valence-corrected chi connectivity index (χ1v) is 20.5. The molecule has 11 aromatic rings. The van der Waals surface area contributed by atoms with Crippen LogP contribution in [0.3, 0.4) is 0 Å². The van der Waals surface area contributed by atoms with Crippen LogP contribution < -0.4 is 4.90 Å². The molecule has 0 saturated carbocycles. The lowest BCUT2D eigenvalue weighted by Crippen LogP contribution is -2.15. The van der Waals surface area contributed by atoms with Crippen LogP contribution in [-0.2, 0) is 0 Å². The van der Waals surface area contributed by atoms with E-state index in [9.17, 15) is 0 Å². The summed E-state index contributed by atoms with van der Waals surface area (Å²) in [6.45, 7) is 0. The highest BCUT2D eigenvalue weighted by molar-refractivity contribution is 6.17. The van der Waals surface area contributed by atoms with E-state index < -0.39 is 0 Å². The lowest BCUT2D eigenvalue weighted by Gasteiger charge is -2.34. The highest BCUT2D eigenvalue weighted by Crippen LogP contribution is 2.54. The molecule has 1 aromatic heterocycles. The highest BCUT2D eigenvalue weighted by atomic mass is 16.3. The average Bonchev–Trinajstić information content (AvgIpc) is 3.72. The minimum atomic E-state index is 0.864. The van der Waals surface area contributed by atoms with E-state index in [4.69, 9.17) is 4.42 Å². The normalized spacial score (nSPS) is 11.3. The standard InChI is InChI=1S/C58H39NO/c1-4-20-40(21-5-1)44-27-12-13-29-48(44)49-30-14-16-35-53(49)59(57-45-28-11-10-26-43(45)38-39-47(57)42-24-8-3-9-25-42)58-46(41-22-6-2-7-23-41)32-18-34-51(58)50-33-19-37-55-56(50)52-31-15-17-36-54(52)60-55/h1-39H. The van der Waals surface area contributed by atoms with Gasteiger partial charge in [0, 0.05) is 38.4 Å². The molecule has 0 radical (unpaired) electrons. The molecule has 0 amide bonds. The maximum Gasteiger partial charge on any atom is 0.136 e. The number of fused-ring (bicyclic) bond motifs is 4. The first-order valence-electron chi connectivity index (χ1n) is 20.5. The summed E-state index contributed by atoms with van der Waals surface area (Å²) >= 11 is 0. The van der Waals surface area contributed by atoms with E-state index in [1.807, 2.05) is 6.07 Å². The number of para-hydroxylation sites is 3. The van der Waals surface area contributed by atoms with Gasteiger partial charge < -0.3 is 9.32 Å². The van der Waals surface area contributed by atoms with Gasteiger partial charge in [-0.05, 0) is 57.0 Å². The summed E-state index contributed by atoms with van der Waals surface area (Å²) in [5, 5.41) is 4.52. The summed E-state index contributed by atoms with van der Waals surface area (Å²) in [5.74, 6) is 0. The Morgan fingerprint density at radius 1 is 0.267 bits per heavy atom. The maximum absolute atomic E-state index is 6.55. The van der Waals surface area contributed by atoms with Gasteiger partial charge in [-0.1, -0.05) is 218 Å². The lowest BCUT2D eigenvalue weighted by molar-refractivity contribution is 0.669. The number of rotatable bonds is 8. The Morgan fingerprint density at radius 3 is 1.48 bits per heavy atom. The quantitative estimate of drug-likeness (QED) is 0.153. The number of furan rings is 1. The zero-order chi connectivity index (χ0) is 39.8. The molecule has 0 saturated heterocycles. The molecule has 11 rings (SSSR count). The van der Waals surface area contributed by atoms with E-state index in [0.717, 1.165) is 88.9 Å². The van der Waals surface area contributed by atoms with E-state index in [1.54, 1.807) is 0 Å². The lowest BCUT2D eigenvalue weighted by atomic mass is 9.89. The van der Waals surface area contributed by atoms with Crippen molar-refractivity contribution < 1.29 is 4.42 Å². The molecule has 0 aliphatic heterocycles. The molecule has 0 aliphatic carbocycles. The van der Waals surface area contributed by atoms with Gasteiger partial charge >= 0.3 is 0 Å². The van der Waals surface area contributed by atoms with Crippen molar-refractivity contribution in [3.8, 4) is 55.6 Å². The number of hydrogen-bond donors (Lipinski definition) is 0. The van der Waals surface area contributed by atoms with Crippen molar-refractivity contribution in [1.82, 2.24) is 0 Å². The van der Waals surface area contributed by atoms with Crippen LogP contribution in [0, 0.1) is 0 Å². The van der Waals surface area contributed by atoms with Gasteiger partial charge in [-0.15, -0.1) is 0 Å². The highest BCUT2D eigenvalue weighted by Gasteiger charge is 2.29. The third-order valence-corrected chi connectivity index (χ3v) is 11.7. The fraction of sp³-hybridized carbons (Fsp3) is 0. The fourth-order valence-corrected chi connectivity index (χ4v) is 9.03. The Labute approximate surface area is 349 Å². The largest absolute Gasteiger partial charge is 0.456 e. The molecule has 0 aliphatic rings. The molecule has 0 fully saturated rings. The molecule has 0 unspecified atom stereocenters. The topological polar surface area (TPSA) is 16.4 Å².